The van der Waals surface area contributed by atoms with Gasteiger partial charge in [-0.15, -0.1) is 0 Å². The number of nitrogens with zero attached hydrogens (tertiary/aromatic N) is 3. The zero-order valence-corrected chi connectivity index (χ0v) is 15.0. The van der Waals surface area contributed by atoms with Crippen molar-refractivity contribution in [1.29, 1.82) is 0 Å². The maximum absolute atomic E-state index is 12.2. The molecule has 1 unspecified atom stereocenters. The third-order valence-corrected chi connectivity index (χ3v) is 4.45. The summed E-state index contributed by atoms with van der Waals surface area (Å²) < 4.78 is 5.33. The van der Waals surface area contributed by atoms with Crippen LogP contribution in [0.25, 0.3) is 0 Å². The Labute approximate surface area is 138 Å². The molecule has 0 N–H and O–H groups in total. The summed E-state index contributed by atoms with van der Waals surface area (Å²) >= 11 is 0. The van der Waals surface area contributed by atoms with E-state index in [1.54, 1.807) is 12.1 Å². The molecule has 2 rings (SSSR count). The molecule has 6 heteroatoms. The molecule has 0 bridgehead atoms. The first kappa shape index (κ1) is 17.8. The molecular weight excluding hydrogens is 294 g/mol. The summed E-state index contributed by atoms with van der Waals surface area (Å²) in [5, 5.41) is 6.12. The number of carbonyl (C=O) groups is 2. The van der Waals surface area contributed by atoms with Crippen LogP contribution in [0.4, 0.5) is 4.79 Å². The van der Waals surface area contributed by atoms with E-state index in [2.05, 4.69) is 12.0 Å². The van der Waals surface area contributed by atoms with Crippen LogP contribution in [-0.2, 0) is 9.53 Å². The molecule has 1 aliphatic carbocycles. The molecule has 0 aromatic heterocycles. The van der Waals surface area contributed by atoms with Gasteiger partial charge in [-0.2, -0.15) is 5.10 Å². The largest absolute Gasteiger partial charge is 0.444 e. The molecule has 0 aromatic rings. The van der Waals surface area contributed by atoms with Crippen LogP contribution in [0, 0.1) is 5.92 Å². The lowest BCUT2D eigenvalue weighted by Crippen LogP contribution is -2.37. The van der Waals surface area contributed by atoms with E-state index in [9.17, 15) is 9.59 Å². The van der Waals surface area contributed by atoms with Gasteiger partial charge in [0.15, 0.2) is 0 Å². The lowest BCUT2D eigenvalue weighted by atomic mass is 9.99. The number of amides is 2. The molecule has 23 heavy (non-hydrogen) atoms. The SMILES string of the molecule is CC(C1CCCC1)N1N=C(CN(C)C(=O)OC(C)(C)C)CC1=O. The Kier molecular flexibility index (Phi) is 5.32. The lowest BCUT2D eigenvalue weighted by molar-refractivity contribution is -0.131. The predicted molar refractivity (Wildman–Crippen MR) is 89.2 cm³/mol. The van der Waals surface area contributed by atoms with Crippen molar-refractivity contribution in [2.45, 2.75) is 71.4 Å². The Morgan fingerprint density at radius 2 is 2.00 bits per heavy atom. The minimum absolute atomic E-state index is 0.0389. The van der Waals surface area contributed by atoms with Crippen molar-refractivity contribution in [2.75, 3.05) is 13.6 Å². The molecule has 0 aromatic carbocycles. The normalized spacial score (nSPS) is 20.7. The van der Waals surface area contributed by atoms with E-state index in [1.165, 1.54) is 30.6 Å². The molecule has 1 atom stereocenters. The highest BCUT2D eigenvalue weighted by molar-refractivity contribution is 6.06. The second-order valence-electron chi connectivity index (χ2n) is 7.70. The van der Waals surface area contributed by atoms with Crippen LogP contribution >= 0.6 is 0 Å². The van der Waals surface area contributed by atoms with Gasteiger partial charge in [0.25, 0.3) is 0 Å². The third-order valence-electron chi connectivity index (χ3n) is 4.45. The van der Waals surface area contributed by atoms with Gasteiger partial charge in [0.05, 0.1) is 24.7 Å². The summed E-state index contributed by atoms with van der Waals surface area (Å²) in [5.74, 6) is 0.586. The zero-order chi connectivity index (χ0) is 17.2. The Morgan fingerprint density at radius 1 is 1.39 bits per heavy atom. The highest BCUT2D eigenvalue weighted by atomic mass is 16.6. The molecule has 130 valence electrons. The summed E-state index contributed by atoms with van der Waals surface area (Å²) in [6, 6.07) is 0.148. The van der Waals surface area contributed by atoms with Crippen LogP contribution in [0.2, 0.25) is 0 Å². The highest BCUT2D eigenvalue weighted by Gasteiger charge is 2.34. The van der Waals surface area contributed by atoms with Crippen molar-refractivity contribution < 1.29 is 14.3 Å². The first-order chi connectivity index (χ1) is 10.7. The van der Waals surface area contributed by atoms with Gasteiger partial charge in [-0.25, -0.2) is 9.80 Å². The molecule has 1 fully saturated rings. The number of hydrogen-bond acceptors (Lipinski definition) is 4. The lowest BCUT2D eigenvalue weighted by Gasteiger charge is -2.26. The number of rotatable bonds is 4. The number of carbonyl (C=O) groups excluding carboxylic acids is 2. The number of hydrogen-bond donors (Lipinski definition) is 0. The Hall–Kier alpha value is -1.59. The van der Waals surface area contributed by atoms with E-state index in [-0.39, 0.29) is 11.9 Å². The monoisotopic (exact) mass is 323 g/mol. The predicted octanol–water partition coefficient (Wildman–Crippen LogP) is 3.02. The van der Waals surface area contributed by atoms with Crippen molar-refractivity contribution in [1.82, 2.24) is 9.91 Å². The summed E-state index contributed by atoms with van der Waals surface area (Å²) in [6.45, 7) is 7.91. The number of hydrazone groups is 1. The molecule has 0 saturated heterocycles. The fraction of sp³-hybridized carbons (Fsp3) is 0.824. The van der Waals surface area contributed by atoms with E-state index in [0.29, 0.717) is 18.9 Å². The van der Waals surface area contributed by atoms with Gasteiger partial charge < -0.3 is 9.64 Å². The first-order valence-corrected chi connectivity index (χ1v) is 8.50. The fourth-order valence-corrected chi connectivity index (χ4v) is 3.22. The van der Waals surface area contributed by atoms with E-state index in [0.717, 1.165) is 5.71 Å². The molecular formula is C17H29N3O3. The Balaban J connectivity index is 1.94. The van der Waals surface area contributed by atoms with Crippen LogP contribution in [0.5, 0.6) is 0 Å². The average Bonchev–Trinajstić information content (AvgIpc) is 3.05. The van der Waals surface area contributed by atoms with Crippen LogP contribution in [0.3, 0.4) is 0 Å². The summed E-state index contributed by atoms with van der Waals surface area (Å²) in [5.41, 5.74) is 0.204. The highest BCUT2D eigenvalue weighted by Crippen LogP contribution is 2.31. The zero-order valence-electron chi connectivity index (χ0n) is 15.0. The molecule has 2 amide bonds. The quantitative estimate of drug-likeness (QED) is 0.799. The maximum atomic E-state index is 12.2. The maximum Gasteiger partial charge on any atom is 0.410 e. The molecule has 2 aliphatic rings. The first-order valence-electron chi connectivity index (χ1n) is 8.50. The van der Waals surface area contributed by atoms with Crippen molar-refractivity contribution >= 4 is 17.7 Å². The smallest absolute Gasteiger partial charge is 0.410 e. The summed E-state index contributed by atoms with van der Waals surface area (Å²) in [6.07, 6.45) is 4.74. The van der Waals surface area contributed by atoms with Crippen LogP contribution in [0.15, 0.2) is 5.10 Å². The van der Waals surface area contributed by atoms with E-state index >= 15 is 0 Å². The average molecular weight is 323 g/mol. The summed E-state index contributed by atoms with van der Waals surface area (Å²) in [7, 11) is 1.67. The third kappa shape index (κ3) is 4.69. The molecule has 1 saturated carbocycles. The number of ether oxygens (including phenoxy) is 1. The second-order valence-corrected chi connectivity index (χ2v) is 7.70. The molecule has 1 heterocycles. The molecule has 0 radical (unpaired) electrons. The van der Waals surface area contributed by atoms with E-state index in [4.69, 9.17) is 4.74 Å². The summed E-state index contributed by atoms with van der Waals surface area (Å²) in [4.78, 5) is 25.7. The molecule has 6 nitrogen and oxygen atoms in total. The van der Waals surface area contributed by atoms with E-state index < -0.39 is 11.7 Å². The van der Waals surface area contributed by atoms with E-state index in [1.807, 2.05) is 20.8 Å². The standard InChI is InChI=1S/C17H29N3O3/c1-12(13-8-6-7-9-13)20-15(21)10-14(18-20)11-19(5)16(22)23-17(2,3)4/h12-13H,6-11H2,1-5H3. The van der Waals surface area contributed by atoms with Crippen molar-refractivity contribution in [3.63, 3.8) is 0 Å². The molecule has 1 aliphatic heterocycles. The van der Waals surface area contributed by atoms with Gasteiger partial charge in [-0.3, -0.25) is 4.79 Å². The van der Waals surface area contributed by atoms with Crippen LogP contribution in [0.1, 0.15) is 59.8 Å². The van der Waals surface area contributed by atoms with Crippen molar-refractivity contribution in [3.05, 3.63) is 0 Å². The minimum atomic E-state index is -0.526. The fourth-order valence-electron chi connectivity index (χ4n) is 3.22. The van der Waals surface area contributed by atoms with Gasteiger partial charge in [0.2, 0.25) is 5.91 Å². The van der Waals surface area contributed by atoms with Gasteiger partial charge >= 0.3 is 6.09 Å². The Morgan fingerprint density at radius 3 is 2.57 bits per heavy atom. The van der Waals surface area contributed by atoms with Crippen molar-refractivity contribution in [3.8, 4) is 0 Å². The molecule has 0 spiro atoms. The Bertz CT molecular complexity index is 490. The topological polar surface area (TPSA) is 62.2 Å². The second kappa shape index (κ2) is 6.89. The van der Waals surface area contributed by atoms with Gasteiger partial charge in [0.1, 0.15) is 5.60 Å². The van der Waals surface area contributed by atoms with Crippen molar-refractivity contribution in [2.24, 2.45) is 11.0 Å². The van der Waals surface area contributed by atoms with Crippen LogP contribution < -0.4 is 0 Å². The van der Waals surface area contributed by atoms with Crippen LogP contribution in [-0.4, -0.2) is 52.9 Å². The van der Waals surface area contributed by atoms with Gasteiger partial charge in [-0.05, 0) is 46.5 Å². The minimum Gasteiger partial charge on any atom is -0.444 e. The van der Waals surface area contributed by atoms with Gasteiger partial charge in [0, 0.05) is 7.05 Å². The van der Waals surface area contributed by atoms with Gasteiger partial charge in [-0.1, -0.05) is 12.8 Å².